The molecule has 0 aliphatic heterocycles. The highest BCUT2D eigenvalue weighted by Gasteiger charge is 2.21. The molecule has 0 radical (unpaired) electrons. The average molecular weight is 480 g/mol. The Balaban J connectivity index is 1.81. The summed E-state index contributed by atoms with van der Waals surface area (Å²) in [5.41, 5.74) is 5.82. The molecule has 0 aliphatic carbocycles. The van der Waals surface area contributed by atoms with E-state index in [0.29, 0.717) is 17.2 Å². The van der Waals surface area contributed by atoms with Crippen LogP contribution in [0.4, 0.5) is 0 Å². The third-order valence-corrected chi connectivity index (χ3v) is 6.13. The predicted molar refractivity (Wildman–Crippen MR) is 127 cm³/mol. The van der Waals surface area contributed by atoms with Crippen molar-refractivity contribution in [1.29, 1.82) is 0 Å². The minimum atomic E-state index is 0.0423. The first-order valence-electron chi connectivity index (χ1n) is 9.63. The fraction of sp³-hybridized carbons (Fsp3) is 0.120. The fourth-order valence-electron chi connectivity index (χ4n) is 3.85. The molecule has 0 saturated heterocycles. The van der Waals surface area contributed by atoms with Crippen LogP contribution in [-0.2, 0) is 0 Å². The van der Waals surface area contributed by atoms with Gasteiger partial charge in [-0.2, -0.15) is 0 Å². The number of pyridine rings is 1. The molecule has 150 valence electrons. The third-order valence-electron chi connectivity index (χ3n) is 5.37. The molecule has 1 atom stereocenters. The van der Waals surface area contributed by atoms with Gasteiger partial charge in [0.15, 0.2) is 0 Å². The Morgan fingerprint density at radius 2 is 1.83 bits per heavy atom. The van der Waals surface area contributed by atoms with Crippen LogP contribution in [0.15, 0.2) is 88.6 Å². The second kappa shape index (κ2) is 8.99. The van der Waals surface area contributed by atoms with E-state index >= 15 is 0 Å². The van der Waals surface area contributed by atoms with Crippen molar-refractivity contribution in [3.63, 3.8) is 0 Å². The van der Waals surface area contributed by atoms with Crippen LogP contribution in [0.5, 0.6) is 0 Å². The maximum absolute atomic E-state index is 9.98. The number of oxime groups is 1. The normalized spacial score (nSPS) is 12.8. The predicted octanol–water partition coefficient (Wildman–Crippen LogP) is 7.36. The lowest BCUT2D eigenvalue weighted by Crippen LogP contribution is -2.12. The summed E-state index contributed by atoms with van der Waals surface area (Å²) in [5.74, 6) is 0.0423. The van der Waals surface area contributed by atoms with Gasteiger partial charge in [0, 0.05) is 39.0 Å². The molecule has 0 aliphatic rings. The summed E-state index contributed by atoms with van der Waals surface area (Å²) < 4.78 is 1.03. The molecule has 0 saturated carbocycles. The van der Waals surface area contributed by atoms with E-state index in [0.717, 1.165) is 26.5 Å². The average Bonchev–Trinajstić information content (AvgIpc) is 2.76. The van der Waals surface area contributed by atoms with Gasteiger partial charge in [0.2, 0.25) is 0 Å². The Morgan fingerprint density at radius 1 is 1.07 bits per heavy atom. The van der Waals surface area contributed by atoms with Gasteiger partial charge in [-0.3, -0.25) is 4.98 Å². The van der Waals surface area contributed by atoms with E-state index in [1.807, 2.05) is 48.5 Å². The van der Waals surface area contributed by atoms with Gasteiger partial charge < -0.3 is 5.21 Å². The summed E-state index contributed by atoms with van der Waals surface area (Å²) in [6.07, 6.45) is 2.27. The van der Waals surface area contributed by atoms with Crippen LogP contribution in [0.1, 0.15) is 34.6 Å². The summed E-state index contributed by atoms with van der Waals surface area (Å²) in [7, 11) is 0. The van der Waals surface area contributed by atoms with E-state index in [1.165, 1.54) is 11.1 Å². The molecule has 4 rings (SSSR count). The van der Waals surface area contributed by atoms with Gasteiger partial charge in [-0.1, -0.05) is 75.2 Å². The minimum absolute atomic E-state index is 0.0423. The zero-order chi connectivity index (χ0) is 21.1. The van der Waals surface area contributed by atoms with E-state index < -0.39 is 0 Å². The first kappa shape index (κ1) is 20.6. The van der Waals surface area contributed by atoms with Crippen LogP contribution in [0.25, 0.3) is 10.9 Å². The first-order valence-corrected chi connectivity index (χ1v) is 10.8. The zero-order valence-electron chi connectivity index (χ0n) is 16.4. The van der Waals surface area contributed by atoms with Gasteiger partial charge in [0.25, 0.3) is 0 Å². The molecule has 3 nitrogen and oxygen atoms in total. The smallest absolute Gasteiger partial charge is 0.0884 e. The highest BCUT2D eigenvalue weighted by atomic mass is 79.9. The Labute approximate surface area is 189 Å². The van der Waals surface area contributed by atoms with E-state index in [1.54, 1.807) is 6.20 Å². The Hall–Kier alpha value is -2.69. The second-order valence-corrected chi connectivity index (χ2v) is 8.58. The fourth-order valence-corrected chi connectivity index (χ4v) is 4.28. The van der Waals surface area contributed by atoms with Crippen LogP contribution in [0.3, 0.4) is 0 Å². The first-order chi connectivity index (χ1) is 14.6. The van der Waals surface area contributed by atoms with Gasteiger partial charge in [-0.25, -0.2) is 0 Å². The summed E-state index contributed by atoms with van der Waals surface area (Å²) in [6, 6.07) is 24.1. The Bertz CT molecular complexity index is 1220. The topological polar surface area (TPSA) is 45.5 Å². The molecule has 0 amide bonds. The summed E-state index contributed by atoms with van der Waals surface area (Å²) in [4.78, 5) is 4.41. The molecule has 1 aromatic heterocycles. The van der Waals surface area contributed by atoms with Gasteiger partial charge in [-0.05, 0) is 53.9 Å². The maximum Gasteiger partial charge on any atom is 0.0884 e. The molecule has 0 bridgehead atoms. The second-order valence-electron chi connectivity index (χ2n) is 7.23. The number of aryl methyl sites for hydroxylation is 1. The number of hydrogen-bond acceptors (Lipinski definition) is 3. The summed E-state index contributed by atoms with van der Waals surface area (Å²) in [6.45, 7) is 2.11. The molecule has 0 fully saturated rings. The SMILES string of the molecule is Cc1ccccc1C(C/C(=N/O)c1ccnc2cc(Cl)ccc12)c1ccc(Br)cc1. The summed E-state index contributed by atoms with van der Waals surface area (Å²) in [5, 5.41) is 15.2. The van der Waals surface area contributed by atoms with Crippen molar-refractivity contribution in [3.8, 4) is 0 Å². The molecule has 5 heteroatoms. The number of rotatable bonds is 5. The lowest BCUT2D eigenvalue weighted by atomic mass is 9.83. The molecule has 3 aromatic carbocycles. The zero-order valence-corrected chi connectivity index (χ0v) is 18.7. The molecule has 4 aromatic rings. The summed E-state index contributed by atoms with van der Waals surface area (Å²) >= 11 is 9.65. The Morgan fingerprint density at radius 3 is 2.57 bits per heavy atom. The molecule has 30 heavy (non-hydrogen) atoms. The minimum Gasteiger partial charge on any atom is -0.411 e. The Kier molecular flexibility index (Phi) is 6.16. The quantitative estimate of drug-likeness (QED) is 0.185. The van der Waals surface area contributed by atoms with Crippen molar-refractivity contribution in [2.45, 2.75) is 19.3 Å². The van der Waals surface area contributed by atoms with Gasteiger partial charge in [-0.15, -0.1) is 0 Å². The van der Waals surface area contributed by atoms with Crippen LogP contribution < -0.4 is 0 Å². The van der Waals surface area contributed by atoms with Gasteiger partial charge in [0.1, 0.15) is 0 Å². The van der Waals surface area contributed by atoms with E-state index in [9.17, 15) is 5.21 Å². The van der Waals surface area contributed by atoms with Crippen LogP contribution in [0, 0.1) is 6.92 Å². The van der Waals surface area contributed by atoms with Gasteiger partial charge in [0.05, 0.1) is 11.2 Å². The maximum atomic E-state index is 9.98. The number of aromatic nitrogens is 1. The lowest BCUT2D eigenvalue weighted by molar-refractivity contribution is 0.317. The van der Waals surface area contributed by atoms with Crippen molar-refractivity contribution in [1.82, 2.24) is 4.98 Å². The number of halogens is 2. The molecule has 0 spiro atoms. The molecule has 1 unspecified atom stereocenters. The standard InChI is InChI=1S/C25H20BrClN2O/c1-16-4-2-3-5-20(16)23(17-6-8-18(26)9-7-17)15-25(29-30)22-12-13-28-24-14-19(27)10-11-21(22)24/h2-14,23,30H,15H2,1H3/b29-25-. The van der Waals surface area contributed by atoms with Gasteiger partial charge >= 0.3 is 0 Å². The van der Waals surface area contributed by atoms with E-state index in [2.05, 4.69) is 57.3 Å². The van der Waals surface area contributed by atoms with Crippen LogP contribution in [-0.4, -0.2) is 15.9 Å². The molecular weight excluding hydrogens is 460 g/mol. The van der Waals surface area contributed by atoms with Crippen LogP contribution in [0.2, 0.25) is 5.02 Å². The van der Waals surface area contributed by atoms with Crippen LogP contribution >= 0.6 is 27.5 Å². The van der Waals surface area contributed by atoms with E-state index in [4.69, 9.17) is 11.6 Å². The van der Waals surface area contributed by atoms with Crippen molar-refractivity contribution in [2.75, 3.05) is 0 Å². The highest BCUT2D eigenvalue weighted by molar-refractivity contribution is 9.10. The van der Waals surface area contributed by atoms with E-state index in [-0.39, 0.29) is 5.92 Å². The number of hydrogen-bond donors (Lipinski definition) is 1. The third kappa shape index (κ3) is 4.25. The number of nitrogens with zero attached hydrogens (tertiary/aromatic N) is 2. The van der Waals surface area contributed by atoms with Crippen molar-refractivity contribution >= 4 is 44.1 Å². The lowest BCUT2D eigenvalue weighted by Gasteiger charge is -2.21. The van der Waals surface area contributed by atoms with Crippen molar-refractivity contribution < 1.29 is 5.21 Å². The van der Waals surface area contributed by atoms with Crippen molar-refractivity contribution in [2.24, 2.45) is 5.16 Å². The molecular formula is C25H20BrClN2O. The highest BCUT2D eigenvalue weighted by Crippen LogP contribution is 2.33. The monoisotopic (exact) mass is 478 g/mol. The largest absolute Gasteiger partial charge is 0.411 e. The number of benzene rings is 3. The van der Waals surface area contributed by atoms with Crippen molar-refractivity contribution in [3.05, 3.63) is 111 Å². The molecule has 1 N–H and O–H groups in total. The molecule has 1 heterocycles. The number of fused-ring (bicyclic) bond motifs is 1.